The van der Waals surface area contributed by atoms with Crippen LogP contribution in [0, 0.1) is 0 Å². The van der Waals surface area contributed by atoms with Gasteiger partial charge in [0.15, 0.2) is 6.10 Å². The van der Waals surface area contributed by atoms with E-state index in [4.69, 9.17) is 14.2 Å². The van der Waals surface area contributed by atoms with Crippen molar-refractivity contribution in [3.8, 4) is 0 Å². The predicted octanol–water partition coefficient (Wildman–Crippen LogP) is 23.4. The topological polar surface area (TPSA) is 78.9 Å². The Morgan fingerprint density at radius 2 is 0.494 bits per heavy atom. The number of esters is 3. The van der Waals surface area contributed by atoms with E-state index >= 15 is 0 Å². The van der Waals surface area contributed by atoms with Gasteiger partial charge in [-0.05, 0) is 116 Å². The minimum atomic E-state index is -0.784. The molecule has 0 aromatic heterocycles. The van der Waals surface area contributed by atoms with Crippen LogP contribution in [0.3, 0.4) is 0 Å². The lowest BCUT2D eigenvalue weighted by Gasteiger charge is -2.18. The van der Waals surface area contributed by atoms with Gasteiger partial charge >= 0.3 is 17.9 Å². The van der Waals surface area contributed by atoms with Crippen molar-refractivity contribution in [1.29, 1.82) is 0 Å². The van der Waals surface area contributed by atoms with Crippen LogP contribution in [0.5, 0.6) is 0 Å². The number of rotatable bonds is 62. The van der Waals surface area contributed by atoms with E-state index in [0.717, 1.165) is 103 Å². The smallest absolute Gasteiger partial charge is 0.306 e. The van der Waals surface area contributed by atoms with Gasteiger partial charge in [-0.25, -0.2) is 0 Å². The molecule has 0 radical (unpaired) electrons. The Bertz CT molecular complexity index is 1500. The van der Waals surface area contributed by atoms with Gasteiger partial charge < -0.3 is 14.2 Å². The molecule has 0 aromatic rings. The van der Waals surface area contributed by atoms with Crippen LogP contribution in [0.1, 0.15) is 342 Å². The molecule has 0 aromatic carbocycles. The summed E-state index contributed by atoms with van der Waals surface area (Å²) >= 11 is 0. The van der Waals surface area contributed by atoms with Crippen LogP contribution < -0.4 is 0 Å². The molecule has 0 aliphatic rings. The molecular formula is C73H128O6. The maximum Gasteiger partial charge on any atom is 0.306 e. The maximum atomic E-state index is 12.9. The van der Waals surface area contributed by atoms with Gasteiger partial charge in [-0.15, -0.1) is 0 Å². The minimum Gasteiger partial charge on any atom is -0.462 e. The number of carbonyl (C=O) groups excluding carboxylic acids is 3. The molecular weight excluding hydrogens is 973 g/mol. The molecule has 0 bridgehead atoms. The van der Waals surface area contributed by atoms with Crippen molar-refractivity contribution in [1.82, 2.24) is 0 Å². The fourth-order valence-corrected chi connectivity index (χ4v) is 9.76. The van der Waals surface area contributed by atoms with E-state index in [1.807, 2.05) is 0 Å². The van der Waals surface area contributed by atoms with Gasteiger partial charge in [-0.3, -0.25) is 14.4 Å². The zero-order chi connectivity index (χ0) is 57.1. The summed E-state index contributed by atoms with van der Waals surface area (Å²) in [7, 11) is 0. The third-order valence-corrected chi connectivity index (χ3v) is 14.9. The molecule has 0 N–H and O–H groups in total. The van der Waals surface area contributed by atoms with E-state index < -0.39 is 6.10 Å². The highest BCUT2D eigenvalue weighted by molar-refractivity contribution is 5.71. The minimum absolute atomic E-state index is 0.0794. The van der Waals surface area contributed by atoms with E-state index in [1.54, 1.807) is 0 Å². The zero-order valence-corrected chi connectivity index (χ0v) is 52.4. The Morgan fingerprint density at radius 1 is 0.266 bits per heavy atom. The fourth-order valence-electron chi connectivity index (χ4n) is 9.76. The molecule has 0 aliphatic heterocycles. The van der Waals surface area contributed by atoms with Crippen molar-refractivity contribution in [2.45, 2.75) is 348 Å². The van der Waals surface area contributed by atoms with Crippen molar-refractivity contribution in [2.24, 2.45) is 0 Å². The highest BCUT2D eigenvalue weighted by Gasteiger charge is 2.19. The lowest BCUT2D eigenvalue weighted by Crippen LogP contribution is -2.30. The first-order valence-electron chi connectivity index (χ1n) is 34.1. The number of carbonyl (C=O) groups is 3. The first-order chi connectivity index (χ1) is 39.0. The first-order valence-corrected chi connectivity index (χ1v) is 34.1. The maximum absolute atomic E-state index is 12.9. The average Bonchev–Trinajstić information content (AvgIpc) is 3.45. The van der Waals surface area contributed by atoms with Crippen molar-refractivity contribution in [3.05, 3.63) is 85.1 Å². The number of allylic oxidation sites excluding steroid dienone is 14. The standard InChI is InChI=1S/C73H128O6/c1-4-7-10-13-16-19-22-25-28-30-32-33-34-35-36-37-38-39-40-41-42-44-45-48-51-54-57-60-63-66-72(75)78-69-70(68-77-71(74)65-62-59-56-53-50-47-27-24-21-18-15-12-9-6-3)79-73(76)67-64-61-58-55-52-49-46-43-31-29-26-23-20-17-14-11-8-5-2/h7,10,16,19-20,23-25,27-29,31-33,70H,4-6,8-9,11-15,17-18,21-22,26,30,34-69H2,1-3H3/b10-7-,19-16-,23-20-,27-24-,28-25-,31-29-,33-32-. The van der Waals surface area contributed by atoms with Crippen molar-refractivity contribution in [3.63, 3.8) is 0 Å². The molecule has 0 saturated heterocycles. The summed E-state index contributed by atoms with van der Waals surface area (Å²) in [4.78, 5) is 38.4. The van der Waals surface area contributed by atoms with E-state index in [1.165, 1.54) is 199 Å². The Morgan fingerprint density at radius 3 is 0.797 bits per heavy atom. The number of unbranched alkanes of at least 4 members (excludes halogenated alkanes) is 37. The molecule has 0 amide bonds. The van der Waals surface area contributed by atoms with E-state index in [0.29, 0.717) is 19.3 Å². The number of hydrogen-bond donors (Lipinski definition) is 0. The third kappa shape index (κ3) is 65.3. The van der Waals surface area contributed by atoms with Gasteiger partial charge in [-0.2, -0.15) is 0 Å². The van der Waals surface area contributed by atoms with E-state index in [2.05, 4.69) is 106 Å². The molecule has 456 valence electrons. The molecule has 0 heterocycles. The van der Waals surface area contributed by atoms with Gasteiger partial charge in [0.2, 0.25) is 0 Å². The summed E-state index contributed by atoms with van der Waals surface area (Å²) in [5.41, 5.74) is 0. The highest BCUT2D eigenvalue weighted by Crippen LogP contribution is 2.17. The molecule has 0 aliphatic carbocycles. The Labute approximate surface area is 490 Å². The second-order valence-corrected chi connectivity index (χ2v) is 22.7. The van der Waals surface area contributed by atoms with Crippen molar-refractivity contribution >= 4 is 17.9 Å². The summed E-state index contributed by atoms with van der Waals surface area (Å²) in [5, 5.41) is 0. The molecule has 1 unspecified atom stereocenters. The van der Waals surface area contributed by atoms with Gasteiger partial charge in [0, 0.05) is 19.3 Å². The van der Waals surface area contributed by atoms with Gasteiger partial charge in [0.05, 0.1) is 0 Å². The predicted molar refractivity (Wildman–Crippen MR) is 344 cm³/mol. The summed E-state index contributed by atoms with van der Waals surface area (Å²) in [6.07, 6.45) is 88.9. The second kappa shape index (κ2) is 67.1. The van der Waals surface area contributed by atoms with Crippen LogP contribution >= 0.6 is 0 Å². The summed E-state index contributed by atoms with van der Waals surface area (Å²) < 4.78 is 17.0. The van der Waals surface area contributed by atoms with Crippen LogP contribution in [0.25, 0.3) is 0 Å². The molecule has 6 heteroatoms. The average molecular weight is 1100 g/mol. The second-order valence-electron chi connectivity index (χ2n) is 22.7. The Kier molecular flexibility index (Phi) is 64.2. The van der Waals surface area contributed by atoms with Crippen LogP contribution in [-0.4, -0.2) is 37.2 Å². The van der Waals surface area contributed by atoms with Crippen molar-refractivity contribution < 1.29 is 28.6 Å². The molecule has 0 fully saturated rings. The molecule has 6 nitrogen and oxygen atoms in total. The van der Waals surface area contributed by atoms with Gasteiger partial charge in [0.1, 0.15) is 13.2 Å². The van der Waals surface area contributed by atoms with E-state index in [-0.39, 0.29) is 31.1 Å². The SMILES string of the molecule is CC/C=C\C/C=C\C/C=C\C/C=C\CCCCCCCCCCCCCCCCCCC(=O)OCC(COC(=O)CCCCCCC/C=C\CCCCCCC)OC(=O)CCCCCCCCC/C=C\C/C=C\CCCCCC. The molecule has 79 heavy (non-hydrogen) atoms. The Hall–Kier alpha value is -3.41. The third-order valence-electron chi connectivity index (χ3n) is 14.9. The number of hydrogen-bond acceptors (Lipinski definition) is 6. The lowest BCUT2D eigenvalue weighted by molar-refractivity contribution is -0.167. The lowest BCUT2D eigenvalue weighted by atomic mass is 10.0. The van der Waals surface area contributed by atoms with Crippen molar-refractivity contribution in [2.75, 3.05) is 13.2 Å². The van der Waals surface area contributed by atoms with Gasteiger partial charge in [-0.1, -0.05) is 292 Å². The fraction of sp³-hybridized carbons (Fsp3) is 0.767. The Balaban J connectivity index is 4.25. The quantitative estimate of drug-likeness (QED) is 0.0261. The molecule has 0 spiro atoms. The monoisotopic (exact) mass is 1100 g/mol. The van der Waals surface area contributed by atoms with E-state index in [9.17, 15) is 14.4 Å². The van der Waals surface area contributed by atoms with Gasteiger partial charge in [0.25, 0.3) is 0 Å². The first kappa shape index (κ1) is 75.6. The molecule has 1 atom stereocenters. The highest BCUT2D eigenvalue weighted by atomic mass is 16.6. The molecule has 0 saturated carbocycles. The largest absolute Gasteiger partial charge is 0.462 e. The summed E-state index contributed by atoms with van der Waals surface area (Å²) in [6.45, 7) is 6.53. The number of ether oxygens (including phenoxy) is 3. The summed E-state index contributed by atoms with van der Waals surface area (Å²) in [6, 6.07) is 0. The van der Waals surface area contributed by atoms with Crippen LogP contribution in [0.15, 0.2) is 85.1 Å². The van der Waals surface area contributed by atoms with Crippen LogP contribution in [0.2, 0.25) is 0 Å². The van der Waals surface area contributed by atoms with Crippen LogP contribution in [-0.2, 0) is 28.6 Å². The summed E-state index contributed by atoms with van der Waals surface area (Å²) in [5.74, 6) is -0.880. The zero-order valence-electron chi connectivity index (χ0n) is 52.4. The normalized spacial score (nSPS) is 12.6. The van der Waals surface area contributed by atoms with Crippen LogP contribution in [0.4, 0.5) is 0 Å². The molecule has 0 rings (SSSR count).